The largest absolute Gasteiger partial charge is 0.368 e. The molecule has 1 N–H and O–H groups in total. The molecule has 2 heterocycles. The normalized spacial score (nSPS) is 14.6. The predicted octanol–water partition coefficient (Wildman–Crippen LogP) is 3.08. The molecule has 1 aromatic carbocycles. The van der Waals surface area contributed by atoms with Crippen LogP contribution >= 0.6 is 11.6 Å². The molecule has 1 saturated heterocycles. The van der Waals surface area contributed by atoms with E-state index in [9.17, 15) is 4.79 Å². The summed E-state index contributed by atoms with van der Waals surface area (Å²) in [5.74, 6) is 1.00. The summed E-state index contributed by atoms with van der Waals surface area (Å²) in [5.41, 5.74) is 2.37. The van der Waals surface area contributed by atoms with E-state index in [-0.39, 0.29) is 6.03 Å². The zero-order valence-corrected chi connectivity index (χ0v) is 16.2. The first kappa shape index (κ1) is 18.6. The highest BCUT2D eigenvalue weighted by Crippen LogP contribution is 2.25. The fourth-order valence-corrected chi connectivity index (χ4v) is 3.44. The maximum atomic E-state index is 12.3. The van der Waals surface area contributed by atoms with Gasteiger partial charge in [0.05, 0.1) is 0 Å². The van der Waals surface area contributed by atoms with Gasteiger partial charge in [0.1, 0.15) is 5.82 Å². The Morgan fingerprint density at radius 2 is 2.00 bits per heavy atom. The third-order valence-corrected chi connectivity index (χ3v) is 5.09. The first-order valence-corrected chi connectivity index (χ1v) is 9.44. The van der Waals surface area contributed by atoms with Crippen LogP contribution in [0.5, 0.6) is 0 Å². The highest BCUT2D eigenvalue weighted by molar-refractivity contribution is 6.30. The average Bonchev–Trinajstić information content (AvgIpc) is 3.06. The molecule has 1 aliphatic heterocycles. The maximum absolute atomic E-state index is 12.3. The molecule has 26 heavy (non-hydrogen) atoms. The van der Waals surface area contributed by atoms with Crippen LogP contribution in [0.3, 0.4) is 0 Å². The molecule has 2 amide bonds. The molecule has 0 spiro atoms. The monoisotopic (exact) mass is 375 g/mol. The van der Waals surface area contributed by atoms with Gasteiger partial charge in [-0.05, 0) is 38.0 Å². The summed E-state index contributed by atoms with van der Waals surface area (Å²) in [6.07, 6.45) is 4.66. The highest BCUT2D eigenvalue weighted by atomic mass is 35.5. The second kappa shape index (κ2) is 8.45. The van der Waals surface area contributed by atoms with Crippen LogP contribution < -0.4 is 10.2 Å². The van der Waals surface area contributed by atoms with Crippen molar-refractivity contribution in [2.75, 3.05) is 37.6 Å². The number of benzene rings is 1. The molecule has 0 aliphatic carbocycles. The van der Waals surface area contributed by atoms with Crippen LogP contribution in [0.1, 0.15) is 17.8 Å². The number of halogens is 1. The lowest BCUT2D eigenvalue weighted by molar-refractivity contribution is 0.194. The van der Waals surface area contributed by atoms with E-state index in [0.717, 1.165) is 55.7 Å². The Kier molecular flexibility index (Phi) is 6.04. The molecule has 0 atom stereocenters. The minimum atomic E-state index is 0.0230. The van der Waals surface area contributed by atoms with Gasteiger partial charge in [0.25, 0.3) is 0 Å². The number of nitrogens with one attached hydrogen (secondary N) is 1. The molecule has 6 nitrogen and oxygen atoms in total. The number of hydrogen-bond acceptors (Lipinski definition) is 3. The summed E-state index contributed by atoms with van der Waals surface area (Å²) in [5, 5.41) is 3.77. The molecular formula is C19H26ClN5O. The number of urea groups is 1. The van der Waals surface area contributed by atoms with Crippen molar-refractivity contribution < 1.29 is 4.79 Å². The van der Waals surface area contributed by atoms with Crippen molar-refractivity contribution in [3.8, 4) is 0 Å². The van der Waals surface area contributed by atoms with Crippen molar-refractivity contribution in [2.45, 2.75) is 26.8 Å². The van der Waals surface area contributed by atoms with Crippen molar-refractivity contribution in [3.63, 3.8) is 0 Å². The van der Waals surface area contributed by atoms with Crippen LogP contribution in [-0.4, -0.2) is 53.2 Å². The Bertz CT molecular complexity index is 752. The van der Waals surface area contributed by atoms with Crippen molar-refractivity contribution in [2.24, 2.45) is 0 Å². The van der Waals surface area contributed by atoms with Crippen molar-refractivity contribution >= 4 is 23.3 Å². The quantitative estimate of drug-likeness (QED) is 0.817. The zero-order chi connectivity index (χ0) is 18.5. The number of nitrogens with zero attached hydrogens (tertiary/aromatic N) is 4. The van der Waals surface area contributed by atoms with E-state index in [1.807, 2.05) is 36.2 Å². The third kappa shape index (κ3) is 4.49. The van der Waals surface area contributed by atoms with E-state index in [1.54, 1.807) is 6.20 Å². The van der Waals surface area contributed by atoms with Gasteiger partial charge in [-0.3, -0.25) is 0 Å². The summed E-state index contributed by atoms with van der Waals surface area (Å²) < 4.78 is 2.10. The standard InChI is InChI=1S/C19H26ClN5O/c1-15-4-5-17(20)14-18(15)24-10-12-25(13-11-24)19(26)22-6-3-8-23-9-7-21-16(23)2/h4-5,7,9,14H,3,6,8,10-13H2,1-2H3,(H,22,26). The van der Waals surface area contributed by atoms with E-state index >= 15 is 0 Å². The summed E-state index contributed by atoms with van der Waals surface area (Å²) in [7, 11) is 0. The number of carbonyl (C=O) groups is 1. The van der Waals surface area contributed by atoms with Gasteiger partial charge in [-0.15, -0.1) is 0 Å². The van der Waals surface area contributed by atoms with Crippen LogP contribution in [-0.2, 0) is 6.54 Å². The van der Waals surface area contributed by atoms with Crippen LogP contribution in [0.15, 0.2) is 30.6 Å². The molecule has 0 saturated carbocycles. The second-order valence-corrected chi connectivity index (χ2v) is 7.09. The first-order valence-electron chi connectivity index (χ1n) is 9.06. The van der Waals surface area contributed by atoms with Gasteiger partial charge in [0.15, 0.2) is 0 Å². The molecule has 3 rings (SSSR count). The van der Waals surface area contributed by atoms with Crippen molar-refractivity contribution in [1.82, 2.24) is 19.8 Å². The fourth-order valence-electron chi connectivity index (χ4n) is 3.27. The molecule has 2 aromatic rings. The number of rotatable bonds is 5. The summed E-state index contributed by atoms with van der Waals surface area (Å²) >= 11 is 6.13. The van der Waals surface area contributed by atoms with E-state index in [4.69, 9.17) is 11.6 Å². The Morgan fingerprint density at radius 3 is 2.69 bits per heavy atom. The summed E-state index contributed by atoms with van der Waals surface area (Å²) in [4.78, 5) is 20.7. The molecule has 140 valence electrons. The Labute approximate surface area is 159 Å². The van der Waals surface area contributed by atoms with E-state index in [1.165, 1.54) is 5.56 Å². The lowest BCUT2D eigenvalue weighted by Crippen LogP contribution is -2.52. The lowest BCUT2D eigenvalue weighted by Gasteiger charge is -2.36. The van der Waals surface area contributed by atoms with Crippen LogP contribution in [0.2, 0.25) is 5.02 Å². The number of anilines is 1. The van der Waals surface area contributed by atoms with E-state index in [0.29, 0.717) is 6.54 Å². The highest BCUT2D eigenvalue weighted by Gasteiger charge is 2.21. The molecule has 0 unspecified atom stereocenters. The van der Waals surface area contributed by atoms with Gasteiger partial charge in [-0.1, -0.05) is 17.7 Å². The van der Waals surface area contributed by atoms with E-state index in [2.05, 4.69) is 26.7 Å². The van der Waals surface area contributed by atoms with Crippen LogP contribution in [0.25, 0.3) is 0 Å². The van der Waals surface area contributed by atoms with Gasteiger partial charge in [-0.2, -0.15) is 0 Å². The smallest absolute Gasteiger partial charge is 0.317 e. The van der Waals surface area contributed by atoms with E-state index < -0.39 is 0 Å². The number of hydrogen-bond donors (Lipinski definition) is 1. The minimum absolute atomic E-state index is 0.0230. The molecule has 1 fully saturated rings. The van der Waals surface area contributed by atoms with Gasteiger partial charge in [0.2, 0.25) is 0 Å². The van der Waals surface area contributed by atoms with Gasteiger partial charge in [0, 0.05) is 62.4 Å². The number of amides is 2. The molecule has 0 radical (unpaired) electrons. The molecular weight excluding hydrogens is 350 g/mol. The minimum Gasteiger partial charge on any atom is -0.368 e. The molecule has 1 aliphatic rings. The number of aryl methyl sites for hydroxylation is 3. The van der Waals surface area contributed by atoms with Crippen molar-refractivity contribution in [1.29, 1.82) is 0 Å². The Hall–Kier alpha value is -2.21. The number of piperazine rings is 1. The maximum Gasteiger partial charge on any atom is 0.317 e. The number of imidazole rings is 1. The topological polar surface area (TPSA) is 53.4 Å². The molecule has 0 bridgehead atoms. The van der Waals surface area contributed by atoms with Gasteiger partial charge < -0.3 is 19.7 Å². The number of aromatic nitrogens is 2. The second-order valence-electron chi connectivity index (χ2n) is 6.66. The van der Waals surface area contributed by atoms with Crippen LogP contribution in [0.4, 0.5) is 10.5 Å². The Balaban J connectivity index is 1.42. The number of carbonyl (C=O) groups excluding carboxylic acids is 1. The third-order valence-electron chi connectivity index (χ3n) is 4.85. The van der Waals surface area contributed by atoms with Gasteiger partial charge >= 0.3 is 6.03 Å². The predicted molar refractivity (Wildman–Crippen MR) is 105 cm³/mol. The SMILES string of the molecule is Cc1ccc(Cl)cc1N1CCN(C(=O)NCCCn2ccnc2C)CC1. The lowest BCUT2D eigenvalue weighted by atomic mass is 10.1. The first-order chi connectivity index (χ1) is 12.5. The average molecular weight is 376 g/mol. The molecule has 7 heteroatoms. The summed E-state index contributed by atoms with van der Waals surface area (Å²) in [6, 6.07) is 5.98. The fraction of sp³-hybridized carbons (Fsp3) is 0.474. The van der Waals surface area contributed by atoms with Crippen molar-refractivity contribution in [3.05, 3.63) is 47.0 Å². The zero-order valence-electron chi connectivity index (χ0n) is 15.4. The van der Waals surface area contributed by atoms with Crippen LogP contribution in [0, 0.1) is 13.8 Å². The Morgan fingerprint density at radius 1 is 1.23 bits per heavy atom. The molecule has 1 aromatic heterocycles. The summed E-state index contributed by atoms with van der Waals surface area (Å²) in [6.45, 7) is 8.70. The van der Waals surface area contributed by atoms with Gasteiger partial charge in [-0.25, -0.2) is 9.78 Å².